The lowest BCUT2D eigenvalue weighted by molar-refractivity contribution is -0.154. The van der Waals surface area contributed by atoms with Gasteiger partial charge >= 0.3 is 13.8 Å². The highest BCUT2D eigenvalue weighted by molar-refractivity contribution is 7.47. The van der Waals surface area contributed by atoms with Gasteiger partial charge in [-0.05, 0) is 64.2 Å². The van der Waals surface area contributed by atoms with E-state index in [9.17, 15) is 19.4 Å². The number of carbonyl (C=O) groups is 1. The molecule has 0 saturated carbocycles. The Kier molecular flexibility index (Phi) is 41.3. The zero-order chi connectivity index (χ0) is 40.3. The maximum atomic E-state index is 12.6. The van der Waals surface area contributed by atoms with Gasteiger partial charge in [-0.2, -0.15) is 0 Å². The van der Waals surface area contributed by atoms with Gasteiger partial charge in [-0.3, -0.25) is 13.8 Å². The number of ether oxygens (including phenoxy) is 2. The Morgan fingerprint density at radius 1 is 0.564 bits per heavy atom. The van der Waals surface area contributed by atoms with Crippen LogP contribution < -0.4 is 0 Å². The molecule has 0 heterocycles. The normalized spacial score (nSPS) is 14.3. The summed E-state index contributed by atoms with van der Waals surface area (Å²) in [4.78, 5) is 22.6. The summed E-state index contributed by atoms with van der Waals surface area (Å²) in [6, 6.07) is 0. The second-order valence-corrected chi connectivity index (χ2v) is 16.5. The standard InChI is InChI=1S/C45H85O9P/c1-3-5-7-9-11-13-15-16-17-18-19-20-21-22-23-24-25-26-27-29-31-33-35-37-45(48)54-44(42-53-55(49,50)52-40-43(47)39-46)41-51-38-36-34-32-30-28-14-12-10-8-6-4-2/h8,10,15-16,18-19,43-44,46-47H,3-7,9,11-14,17,20-42H2,1-2H3,(H,49,50)/b10-8-,16-15-,19-18-. The summed E-state index contributed by atoms with van der Waals surface area (Å²) < 4.78 is 33.3. The molecule has 0 aliphatic heterocycles. The van der Waals surface area contributed by atoms with E-state index in [0.717, 1.165) is 57.8 Å². The average Bonchev–Trinajstić information content (AvgIpc) is 3.18. The number of carbonyl (C=O) groups excluding carboxylic acids is 1. The molecule has 0 aliphatic carbocycles. The second-order valence-electron chi connectivity index (χ2n) is 15.1. The lowest BCUT2D eigenvalue weighted by atomic mass is 10.0. The summed E-state index contributed by atoms with van der Waals surface area (Å²) in [7, 11) is -4.52. The predicted octanol–water partition coefficient (Wildman–Crippen LogP) is 12.4. The summed E-state index contributed by atoms with van der Waals surface area (Å²) >= 11 is 0. The van der Waals surface area contributed by atoms with Crippen LogP contribution in [0, 0.1) is 0 Å². The molecular weight excluding hydrogens is 715 g/mol. The predicted molar refractivity (Wildman–Crippen MR) is 228 cm³/mol. The van der Waals surface area contributed by atoms with Crippen LogP contribution in [0.25, 0.3) is 0 Å². The molecule has 0 aromatic heterocycles. The summed E-state index contributed by atoms with van der Waals surface area (Å²) in [5.41, 5.74) is 0. The minimum Gasteiger partial charge on any atom is -0.457 e. The second kappa shape index (κ2) is 42.3. The van der Waals surface area contributed by atoms with Crippen molar-refractivity contribution in [1.82, 2.24) is 0 Å². The minimum atomic E-state index is -4.52. The molecule has 0 radical (unpaired) electrons. The van der Waals surface area contributed by atoms with Gasteiger partial charge in [0.1, 0.15) is 12.2 Å². The van der Waals surface area contributed by atoms with Crippen molar-refractivity contribution in [3.63, 3.8) is 0 Å². The van der Waals surface area contributed by atoms with Gasteiger partial charge in [-0.1, -0.05) is 166 Å². The lowest BCUT2D eigenvalue weighted by Gasteiger charge is -2.20. The highest BCUT2D eigenvalue weighted by atomic mass is 31.2. The van der Waals surface area contributed by atoms with E-state index in [2.05, 4.69) is 50.3 Å². The molecule has 3 N–H and O–H groups in total. The molecule has 0 aromatic carbocycles. The highest BCUT2D eigenvalue weighted by Crippen LogP contribution is 2.43. The van der Waals surface area contributed by atoms with Gasteiger partial charge in [0.15, 0.2) is 0 Å². The monoisotopic (exact) mass is 801 g/mol. The van der Waals surface area contributed by atoms with Crippen molar-refractivity contribution < 1.29 is 43.0 Å². The van der Waals surface area contributed by atoms with Gasteiger partial charge in [0, 0.05) is 13.0 Å². The first-order valence-electron chi connectivity index (χ1n) is 22.5. The fourth-order valence-corrected chi connectivity index (χ4v) is 6.88. The van der Waals surface area contributed by atoms with Crippen molar-refractivity contribution in [2.45, 2.75) is 212 Å². The zero-order valence-electron chi connectivity index (χ0n) is 35.4. The first kappa shape index (κ1) is 53.7. The van der Waals surface area contributed by atoms with Crippen LogP contribution in [0.15, 0.2) is 36.5 Å². The molecule has 0 fully saturated rings. The number of hydrogen-bond acceptors (Lipinski definition) is 8. The van der Waals surface area contributed by atoms with Crippen molar-refractivity contribution in [3.8, 4) is 0 Å². The lowest BCUT2D eigenvalue weighted by Crippen LogP contribution is -2.29. The molecule has 3 atom stereocenters. The third kappa shape index (κ3) is 42.1. The van der Waals surface area contributed by atoms with Crippen molar-refractivity contribution in [2.75, 3.05) is 33.0 Å². The fraction of sp³-hybridized carbons (Fsp3) is 0.844. The molecule has 0 aliphatic rings. The minimum absolute atomic E-state index is 0.0450. The number of unbranched alkanes of at least 4 members (excludes halogenated alkanes) is 23. The molecule has 0 saturated heterocycles. The smallest absolute Gasteiger partial charge is 0.457 e. The van der Waals surface area contributed by atoms with Gasteiger partial charge in [0.25, 0.3) is 0 Å². The first-order valence-corrected chi connectivity index (χ1v) is 24.0. The molecule has 3 unspecified atom stereocenters. The van der Waals surface area contributed by atoms with Crippen molar-refractivity contribution in [3.05, 3.63) is 36.5 Å². The first-order chi connectivity index (χ1) is 26.8. The number of rotatable bonds is 43. The number of aliphatic hydroxyl groups excluding tert-OH is 2. The average molecular weight is 801 g/mol. The van der Waals surface area contributed by atoms with Crippen LogP contribution >= 0.6 is 7.82 Å². The van der Waals surface area contributed by atoms with Crippen LogP contribution in [0.5, 0.6) is 0 Å². The molecule has 0 amide bonds. The Bertz CT molecular complexity index is 955. The number of aliphatic hydroxyl groups is 2. The summed E-state index contributed by atoms with van der Waals surface area (Å²) in [5.74, 6) is -0.387. The number of hydrogen-bond donors (Lipinski definition) is 3. The highest BCUT2D eigenvalue weighted by Gasteiger charge is 2.26. The molecule has 0 rings (SSSR count). The molecule has 9 nitrogen and oxygen atoms in total. The summed E-state index contributed by atoms with van der Waals surface area (Å²) in [5, 5.41) is 18.3. The maximum absolute atomic E-state index is 12.6. The quantitative estimate of drug-likeness (QED) is 0.0239. The van der Waals surface area contributed by atoms with Crippen molar-refractivity contribution in [1.29, 1.82) is 0 Å². The number of phosphoric ester groups is 1. The number of phosphoric acid groups is 1. The molecule has 0 spiro atoms. The van der Waals surface area contributed by atoms with Gasteiger partial charge in [0.05, 0.1) is 26.4 Å². The van der Waals surface area contributed by atoms with E-state index in [1.54, 1.807) is 0 Å². The largest absolute Gasteiger partial charge is 0.472 e. The fourth-order valence-electron chi connectivity index (χ4n) is 6.09. The van der Waals surface area contributed by atoms with Gasteiger partial charge in [0.2, 0.25) is 0 Å². The Morgan fingerprint density at radius 3 is 1.55 bits per heavy atom. The third-order valence-corrected chi connectivity index (χ3v) is 10.5. The van der Waals surface area contributed by atoms with E-state index in [1.807, 2.05) is 0 Å². The Hall–Kier alpha value is -1.32. The SMILES string of the molecule is CCC/C=C\CCCCCCCCOCC(COP(=O)(O)OCC(O)CO)OC(=O)CCCCCCCCCCCCC/C=C\C/C=C\CCCCCCC. The van der Waals surface area contributed by atoms with Crippen LogP contribution in [0.1, 0.15) is 200 Å². The summed E-state index contributed by atoms with van der Waals surface area (Å²) in [6.07, 6.45) is 45.4. The van der Waals surface area contributed by atoms with Crippen LogP contribution in [0.4, 0.5) is 0 Å². The zero-order valence-corrected chi connectivity index (χ0v) is 36.3. The van der Waals surface area contributed by atoms with Crippen molar-refractivity contribution >= 4 is 13.8 Å². The van der Waals surface area contributed by atoms with E-state index < -0.39 is 33.2 Å². The van der Waals surface area contributed by atoms with E-state index in [-0.39, 0.29) is 25.6 Å². The van der Waals surface area contributed by atoms with Crippen molar-refractivity contribution in [2.24, 2.45) is 0 Å². The van der Waals surface area contributed by atoms with Gasteiger partial charge in [-0.15, -0.1) is 0 Å². The molecule has 0 bridgehead atoms. The van der Waals surface area contributed by atoms with E-state index in [1.165, 1.54) is 122 Å². The van der Waals surface area contributed by atoms with E-state index >= 15 is 0 Å². The van der Waals surface area contributed by atoms with Crippen LogP contribution in [-0.4, -0.2) is 66.3 Å². The molecule has 10 heteroatoms. The van der Waals surface area contributed by atoms with Crippen LogP contribution in [0.3, 0.4) is 0 Å². The van der Waals surface area contributed by atoms with Crippen LogP contribution in [0.2, 0.25) is 0 Å². The molecule has 324 valence electrons. The molecular formula is C45H85O9P. The van der Waals surface area contributed by atoms with E-state index in [0.29, 0.717) is 6.61 Å². The topological polar surface area (TPSA) is 132 Å². The molecule has 0 aromatic rings. The Labute approximate surface area is 337 Å². The van der Waals surface area contributed by atoms with Gasteiger partial charge in [-0.25, -0.2) is 4.57 Å². The van der Waals surface area contributed by atoms with Crippen LogP contribution in [-0.2, 0) is 27.9 Å². The number of allylic oxidation sites excluding steroid dienone is 6. The molecule has 55 heavy (non-hydrogen) atoms. The summed E-state index contributed by atoms with van der Waals surface area (Å²) in [6.45, 7) is 3.45. The van der Waals surface area contributed by atoms with Gasteiger partial charge < -0.3 is 24.6 Å². The van der Waals surface area contributed by atoms with E-state index in [4.69, 9.17) is 23.6 Å². The Morgan fingerprint density at radius 2 is 1.02 bits per heavy atom. The third-order valence-electron chi connectivity index (χ3n) is 9.53. The Balaban J connectivity index is 4.06. The number of esters is 1. The maximum Gasteiger partial charge on any atom is 0.472 e.